The van der Waals surface area contributed by atoms with Gasteiger partial charge < -0.3 is 4.42 Å². The van der Waals surface area contributed by atoms with Gasteiger partial charge in [0.1, 0.15) is 11.2 Å². The smallest absolute Gasteiger partial charge is 0.143 e. The van der Waals surface area contributed by atoms with Crippen LogP contribution in [-0.2, 0) is 0 Å². The molecule has 1 heteroatoms. The van der Waals surface area contributed by atoms with Crippen LogP contribution in [0.1, 0.15) is 0 Å². The first-order valence-corrected chi connectivity index (χ1v) is 14.1. The van der Waals surface area contributed by atoms with E-state index in [0.717, 1.165) is 27.5 Å². The van der Waals surface area contributed by atoms with Crippen LogP contribution in [0.4, 0.5) is 0 Å². The van der Waals surface area contributed by atoms with Gasteiger partial charge in [0, 0.05) is 27.3 Å². The predicted molar refractivity (Wildman–Crippen MR) is 175 cm³/mol. The van der Waals surface area contributed by atoms with E-state index in [2.05, 4.69) is 146 Å². The highest BCUT2D eigenvalue weighted by atomic mass is 16.3. The van der Waals surface area contributed by atoms with Gasteiger partial charge in [0.05, 0.1) is 0 Å². The first-order chi connectivity index (χ1) is 20.4. The molecule has 0 aliphatic carbocycles. The van der Waals surface area contributed by atoms with E-state index in [1.807, 2.05) is 0 Å². The number of benzene rings is 8. The maximum Gasteiger partial charge on any atom is 0.143 e. The molecule has 0 aliphatic heterocycles. The quantitative estimate of drug-likeness (QED) is 0.207. The second-order valence-corrected chi connectivity index (χ2v) is 10.8. The van der Waals surface area contributed by atoms with Crippen LogP contribution in [0.25, 0.3) is 87.3 Å². The Morgan fingerprint density at radius 1 is 0.341 bits per heavy atom. The lowest BCUT2D eigenvalue weighted by Crippen LogP contribution is -1.91. The van der Waals surface area contributed by atoms with Crippen molar-refractivity contribution in [2.24, 2.45) is 0 Å². The van der Waals surface area contributed by atoms with Crippen LogP contribution in [-0.4, -0.2) is 0 Å². The summed E-state index contributed by atoms with van der Waals surface area (Å²) in [6, 6.07) is 52.4. The lowest BCUT2D eigenvalue weighted by Gasteiger charge is -2.18. The molecule has 0 spiro atoms. The van der Waals surface area contributed by atoms with Gasteiger partial charge in [0.15, 0.2) is 0 Å². The highest BCUT2D eigenvalue weighted by Gasteiger charge is 2.22. The molecule has 0 radical (unpaired) electrons. The number of hydrogen-bond acceptors (Lipinski definition) is 1. The van der Waals surface area contributed by atoms with E-state index in [1.165, 1.54) is 59.8 Å². The highest BCUT2D eigenvalue weighted by Crippen LogP contribution is 2.48. The molecule has 0 saturated heterocycles. The van der Waals surface area contributed by atoms with Gasteiger partial charge in [-0.3, -0.25) is 0 Å². The van der Waals surface area contributed by atoms with E-state index >= 15 is 0 Å². The summed E-state index contributed by atoms with van der Waals surface area (Å²) in [6.07, 6.45) is 0. The fourth-order valence-electron chi connectivity index (χ4n) is 6.87. The lowest BCUT2D eigenvalue weighted by atomic mass is 9.85. The number of rotatable bonds is 2. The molecule has 9 aromatic rings. The molecule has 0 fully saturated rings. The van der Waals surface area contributed by atoms with Crippen molar-refractivity contribution in [3.05, 3.63) is 146 Å². The molecule has 1 heterocycles. The molecule has 0 atom stereocenters. The summed E-state index contributed by atoms with van der Waals surface area (Å²) in [6.45, 7) is 0. The van der Waals surface area contributed by atoms with Crippen LogP contribution in [0.3, 0.4) is 0 Å². The Balaban J connectivity index is 1.52. The minimum atomic E-state index is 0.942. The molecule has 190 valence electrons. The maximum absolute atomic E-state index is 6.97. The Morgan fingerprint density at radius 2 is 0.878 bits per heavy atom. The van der Waals surface area contributed by atoms with Crippen molar-refractivity contribution in [3.8, 4) is 22.3 Å². The summed E-state index contributed by atoms with van der Waals surface area (Å²) in [5.41, 5.74) is 6.74. The molecule has 0 amide bonds. The van der Waals surface area contributed by atoms with E-state index in [9.17, 15) is 0 Å². The van der Waals surface area contributed by atoms with Crippen LogP contribution in [0, 0.1) is 0 Å². The SMILES string of the molecule is c1ccc(-c2c3ccccc3c(-c3cc4ccccc4c4c3oc3c5ccccc5ccc34)c3ccccc23)cc1. The van der Waals surface area contributed by atoms with Gasteiger partial charge in [-0.1, -0.05) is 133 Å². The van der Waals surface area contributed by atoms with Crippen molar-refractivity contribution >= 4 is 65.0 Å². The van der Waals surface area contributed by atoms with Crippen LogP contribution in [0.2, 0.25) is 0 Å². The normalized spacial score (nSPS) is 11.9. The van der Waals surface area contributed by atoms with E-state index in [-0.39, 0.29) is 0 Å². The minimum absolute atomic E-state index is 0.942. The number of hydrogen-bond donors (Lipinski definition) is 0. The molecular weight excluding hydrogens is 496 g/mol. The van der Waals surface area contributed by atoms with Crippen LogP contribution >= 0.6 is 0 Å². The van der Waals surface area contributed by atoms with Gasteiger partial charge in [-0.25, -0.2) is 0 Å². The highest BCUT2D eigenvalue weighted by molar-refractivity contribution is 6.29. The third-order valence-corrected chi connectivity index (χ3v) is 8.62. The molecule has 1 aromatic heterocycles. The maximum atomic E-state index is 6.97. The van der Waals surface area contributed by atoms with E-state index < -0.39 is 0 Å². The van der Waals surface area contributed by atoms with Gasteiger partial charge in [-0.15, -0.1) is 0 Å². The minimum Gasteiger partial charge on any atom is -0.455 e. The summed E-state index contributed by atoms with van der Waals surface area (Å²) >= 11 is 0. The second kappa shape index (κ2) is 8.55. The summed E-state index contributed by atoms with van der Waals surface area (Å²) in [4.78, 5) is 0. The Kier molecular flexibility index (Phi) is 4.67. The molecule has 0 bridgehead atoms. The topological polar surface area (TPSA) is 13.1 Å². The first kappa shape index (κ1) is 22.4. The zero-order chi connectivity index (χ0) is 26.9. The zero-order valence-electron chi connectivity index (χ0n) is 22.3. The predicted octanol–water partition coefficient (Wildman–Crippen LogP) is 11.5. The van der Waals surface area contributed by atoms with Gasteiger partial charge in [-0.2, -0.15) is 0 Å². The van der Waals surface area contributed by atoms with Crippen molar-refractivity contribution in [2.45, 2.75) is 0 Å². The van der Waals surface area contributed by atoms with E-state index in [4.69, 9.17) is 4.42 Å². The zero-order valence-corrected chi connectivity index (χ0v) is 22.3. The lowest BCUT2D eigenvalue weighted by molar-refractivity contribution is 0.674. The Morgan fingerprint density at radius 3 is 1.56 bits per heavy atom. The van der Waals surface area contributed by atoms with Gasteiger partial charge in [0.2, 0.25) is 0 Å². The fraction of sp³-hybridized carbons (Fsp3) is 0. The summed E-state index contributed by atoms with van der Waals surface area (Å²) in [5.74, 6) is 0. The molecule has 8 aromatic carbocycles. The molecule has 41 heavy (non-hydrogen) atoms. The van der Waals surface area contributed by atoms with E-state index in [0.29, 0.717) is 0 Å². The van der Waals surface area contributed by atoms with Crippen molar-refractivity contribution in [3.63, 3.8) is 0 Å². The van der Waals surface area contributed by atoms with Crippen LogP contribution in [0.5, 0.6) is 0 Å². The first-order valence-electron chi connectivity index (χ1n) is 14.1. The average molecular weight is 521 g/mol. The summed E-state index contributed by atoms with van der Waals surface area (Å²) in [5, 5.41) is 12.1. The monoisotopic (exact) mass is 520 g/mol. The van der Waals surface area contributed by atoms with Crippen LogP contribution < -0.4 is 0 Å². The van der Waals surface area contributed by atoms with Crippen molar-refractivity contribution in [1.82, 2.24) is 0 Å². The molecule has 1 nitrogen and oxygen atoms in total. The third kappa shape index (κ3) is 3.18. The van der Waals surface area contributed by atoms with Crippen LogP contribution in [0.15, 0.2) is 150 Å². The Hall–Kier alpha value is -5.40. The summed E-state index contributed by atoms with van der Waals surface area (Å²) in [7, 11) is 0. The standard InChI is InChI=1S/C40H24O/c1-2-13-26(14-3-1)36-30-18-8-10-20-32(30)37(33-21-11-9-19-31(33)36)35-24-27-15-5-6-16-28(27)38-34-23-22-25-12-4-7-17-29(25)39(34)41-40(35)38/h1-24H. The van der Waals surface area contributed by atoms with Gasteiger partial charge in [-0.05, 0) is 61.0 Å². The van der Waals surface area contributed by atoms with E-state index in [1.54, 1.807) is 0 Å². The average Bonchev–Trinajstić information content (AvgIpc) is 3.44. The molecular formula is C40H24O. The molecule has 0 saturated carbocycles. The third-order valence-electron chi connectivity index (χ3n) is 8.62. The molecule has 0 N–H and O–H groups in total. The summed E-state index contributed by atoms with van der Waals surface area (Å²) < 4.78 is 6.97. The van der Waals surface area contributed by atoms with Gasteiger partial charge >= 0.3 is 0 Å². The van der Waals surface area contributed by atoms with Crippen molar-refractivity contribution < 1.29 is 4.42 Å². The van der Waals surface area contributed by atoms with Crippen molar-refractivity contribution in [2.75, 3.05) is 0 Å². The van der Waals surface area contributed by atoms with Crippen molar-refractivity contribution in [1.29, 1.82) is 0 Å². The fourth-order valence-corrected chi connectivity index (χ4v) is 6.87. The largest absolute Gasteiger partial charge is 0.455 e. The van der Waals surface area contributed by atoms with Gasteiger partial charge in [0.25, 0.3) is 0 Å². The molecule has 9 rings (SSSR count). The Labute approximate surface area is 236 Å². The molecule has 0 aliphatic rings. The number of fused-ring (bicyclic) bond motifs is 9. The molecule has 0 unspecified atom stereocenters. The number of furan rings is 1. The Bertz CT molecular complexity index is 2410. The second-order valence-electron chi connectivity index (χ2n) is 10.8.